The molecule has 1 unspecified atom stereocenters. The van der Waals surface area contributed by atoms with Crippen LogP contribution in [-0.4, -0.2) is 41.6 Å². The van der Waals surface area contributed by atoms with Crippen LogP contribution in [0, 0.1) is 5.92 Å². The van der Waals surface area contributed by atoms with Crippen molar-refractivity contribution in [3.63, 3.8) is 0 Å². The fraction of sp³-hybridized carbons (Fsp3) is 0.786. The van der Waals surface area contributed by atoms with Crippen molar-refractivity contribution in [2.75, 3.05) is 13.2 Å². The van der Waals surface area contributed by atoms with Crippen molar-refractivity contribution in [3.05, 3.63) is 0 Å². The van der Waals surface area contributed by atoms with E-state index in [2.05, 4.69) is 0 Å². The number of carbonyl (C=O) groups excluding carboxylic acids is 3. The van der Waals surface area contributed by atoms with Gasteiger partial charge in [0.05, 0.1) is 13.0 Å². The van der Waals surface area contributed by atoms with Crippen LogP contribution in [-0.2, 0) is 19.1 Å². The first-order valence-corrected chi connectivity index (χ1v) is 6.92. The van der Waals surface area contributed by atoms with Gasteiger partial charge in [0.2, 0.25) is 5.91 Å². The molecule has 0 bridgehead atoms. The average Bonchev–Trinajstić information content (AvgIpc) is 2.29. The van der Waals surface area contributed by atoms with E-state index in [1.165, 1.54) is 0 Å². The molecule has 0 aromatic carbocycles. The van der Waals surface area contributed by atoms with E-state index in [-0.39, 0.29) is 37.2 Å². The van der Waals surface area contributed by atoms with Crippen molar-refractivity contribution >= 4 is 18.0 Å². The summed E-state index contributed by atoms with van der Waals surface area (Å²) in [7, 11) is 0. The highest BCUT2D eigenvalue weighted by molar-refractivity contribution is 5.92. The molecule has 1 saturated heterocycles. The minimum absolute atomic E-state index is 0.0562. The van der Waals surface area contributed by atoms with Crippen molar-refractivity contribution in [2.24, 2.45) is 5.92 Å². The predicted octanol–water partition coefficient (Wildman–Crippen LogP) is 2.11. The van der Waals surface area contributed by atoms with Crippen molar-refractivity contribution in [1.82, 2.24) is 4.90 Å². The third kappa shape index (κ3) is 5.19. The Morgan fingerprint density at radius 1 is 1.35 bits per heavy atom. The summed E-state index contributed by atoms with van der Waals surface area (Å²) in [5.74, 6) is -0.602. The summed E-state index contributed by atoms with van der Waals surface area (Å²) in [4.78, 5) is 36.3. The number of piperidine rings is 1. The van der Waals surface area contributed by atoms with Crippen LogP contribution < -0.4 is 0 Å². The molecule has 0 N–H and O–H groups in total. The second-order valence-corrected chi connectivity index (χ2v) is 5.90. The summed E-state index contributed by atoms with van der Waals surface area (Å²) in [5.41, 5.74) is -0.647. The first-order valence-electron chi connectivity index (χ1n) is 6.92. The quantitative estimate of drug-likeness (QED) is 0.743. The van der Waals surface area contributed by atoms with Crippen LogP contribution >= 0.6 is 0 Å². The van der Waals surface area contributed by atoms with E-state index >= 15 is 0 Å². The maximum absolute atomic E-state index is 11.9. The van der Waals surface area contributed by atoms with Crippen molar-refractivity contribution < 1.29 is 23.9 Å². The van der Waals surface area contributed by atoms with E-state index in [0.29, 0.717) is 13.0 Å². The number of ether oxygens (including phenoxy) is 2. The first kappa shape index (κ1) is 16.5. The second-order valence-electron chi connectivity index (χ2n) is 5.90. The molecule has 0 spiro atoms. The van der Waals surface area contributed by atoms with E-state index in [0.717, 1.165) is 4.90 Å². The summed E-state index contributed by atoms with van der Waals surface area (Å²) in [6.07, 6.45) is 0.428. The van der Waals surface area contributed by atoms with Gasteiger partial charge in [-0.2, -0.15) is 0 Å². The summed E-state index contributed by atoms with van der Waals surface area (Å²) in [6.45, 7) is 7.53. The lowest BCUT2D eigenvalue weighted by Gasteiger charge is -2.32. The maximum atomic E-state index is 11.9. The van der Waals surface area contributed by atoms with Crippen LogP contribution in [0.2, 0.25) is 0 Å². The van der Waals surface area contributed by atoms with Gasteiger partial charge in [0, 0.05) is 13.0 Å². The molecule has 0 aromatic rings. The van der Waals surface area contributed by atoms with Crippen LogP contribution in [0.15, 0.2) is 0 Å². The molecule has 6 heteroatoms. The number of carbonyl (C=O) groups is 3. The van der Waals surface area contributed by atoms with E-state index in [1.54, 1.807) is 27.7 Å². The zero-order valence-electron chi connectivity index (χ0n) is 12.6. The molecule has 0 aromatic heterocycles. The lowest BCUT2D eigenvalue weighted by molar-refractivity contribution is -0.146. The number of hydrogen-bond acceptors (Lipinski definition) is 5. The highest BCUT2D eigenvalue weighted by atomic mass is 16.6. The Labute approximate surface area is 119 Å². The molecule has 1 aliphatic rings. The minimum Gasteiger partial charge on any atom is -0.466 e. The third-order valence-electron chi connectivity index (χ3n) is 2.88. The second kappa shape index (κ2) is 6.72. The molecule has 0 radical (unpaired) electrons. The highest BCUT2D eigenvalue weighted by Crippen LogP contribution is 2.23. The van der Waals surface area contributed by atoms with Gasteiger partial charge in [0.15, 0.2) is 0 Å². The Hall–Kier alpha value is -1.59. The minimum atomic E-state index is -0.647. The molecule has 0 saturated carbocycles. The number of imide groups is 1. The largest absolute Gasteiger partial charge is 0.466 e. The topological polar surface area (TPSA) is 72.9 Å². The number of esters is 1. The Balaban J connectivity index is 2.60. The number of nitrogens with zero attached hydrogens (tertiary/aromatic N) is 1. The molecule has 1 aliphatic heterocycles. The number of amides is 2. The summed E-state index contributed by atoms with van der Waals surface area (Å²) < 4.78 is 10.1. The molecule has 1 rings (SSSR count). The fourth-order valence-corrected chi connectivity index (χ4v) is 2.03. The number of likely N-dealkylation sites (tertiary alicyclic amines) is 1. The van der Waals surface area contributed by atoms with Gasteiger partial charge in [-0.05, 0) is 40.0 Å². The van der Waals surface area contributed by atoms with E-state index < -0.39 is 11.7 Å². The molecule has 6 nitrogen and oxygen atoms in total. The van der Waals surface area contributed by atoms with Gasteiger partial charge >= 0.3 is 12.1 Å². The van der Waals surface area contributed by atoms with Gasteiger partial charge in [-0.1, -0.05) is 0 Å². The Kier molecular flexibility index (Phi) is 5.53. The molecular weight excluding hydrogens is 262 g/mol. The van der Waals surface area contributed by atoms with E-state index in [1.807, 2.05) is 0 Å². The standard InChI is InChI=1S/C14H23NO5/c1-5-19-12(17)8-10-6-7-11(16)15(9-10)13(18)20-14(2,3)4/h10H,5-9H2,1-4H3. The highest BCUT2D eigenvalue weighted by Gasteiger charge is 2.34. The molecular formula is C14H23NO5. The van der Waals surface area contributed by atoms with Crippen molar-refractivity contribution in [1.29, 1.82) is 0 Å². The Morgan fingerprint density at radius 3 is 2.55 bits per heavy atom. The zero-order valence-corrected chi connectivity index (χ0v) is 12.6. The molecule has 2 amide bonds. The molecule has 20 heavy (non-hydrogen) atoms. The Bertz CT molecular complexity index is 386. The summed E-state index contributed by atoms with van der Waals surface area (Å²) >= 11 is 0. The van der Waals surface area contributed by atoms with Gasteiger partial charge < -0.3 is 9.47 Å². The lowest BCUT2D eigenvalue weighted by atomic mass is 9.94. The number of rotatable bonds is 3. The molecule has 1 atom stereocenters. The Morgan fingerprint density at radius 2 is 2.00 bits per heavy atom. The monoisotopic (exact) mass is 285 g/mol. The van der Waals surface area contributed by atoms with E-state index in [9.17, 15) is 14.4 Å². The zero-order chi connectivity index (χ0) is 15.3. The SMILES string of the molecule is CCOC(=O)CC1CCC(=O)N(C(=O)OC(C)(C)C)C1. The maximum Gasteiger partial charge on any atom is 0.417 e. The molecule has 1 fully saturated rings. The van der Waals surface area contributed by atoms with Crippen molar-refractivity contribution in [3.8, 4) is 0 Å². The fourth-order valence-electron chi connectivity index (χ4n) is 2.03. The predicted molar refractivity (Wildman–Crippen MR) is 71.9 cm³/mol. The molecule has 114 valence electrons. The normalized spacial score (nSPS) is 19.7. The summed E-state index contributed by atoms with van der Waals surface area (Å²) in [6, 6.07) is 0. The molecule has 0 aliphatic carbocycles. The van der Waals surface area contributed by atoms with Gasteiger partial charge in [-0.15, -0.1) is 0 Å². The summed E-state index contributed by atoms with van der Waals surface area (Å²) in [5, 5.41) is 0. The van der Waals surface area contributed by atoms with E-state index in [4.69, 9.17) is 9.47 Å². The van der Waals surface area contributed by atoms with Crippen molar-refractivity contribution in [2.45, 2.75) is 52.6 Å². The number of hydrogen-bond donors (Lipinski definition) is 0. The van der Waals surface area contributed by atoms with Gasteiger partial charge in [0.25, 0.3) is 0 Å². The molecule has 1 heterocycles. The van der Waals surface area contributed by atoms with Crippen LogP contribution in [0.4, 0.5) is 4.79 Å². The van der Waals surface area contributed by atoms with Crippen LogP contribution in [0.25, 0.3) is 0 Å². The average molecular weight is 285 g/mol. The van der Waals surface area contributed by atoms with Crippen LogP contribution in [0.1, 0.15) is 47.0 Å². The van der Waals surface area contributed by atoms with Gasteiger partial charge in [-0.25, -0.2) is 9.69 Å². The van der Waals surface area contributed by atoms with Crippen LogP contribution in [0.5, 0.6) is 0 Å². The van der Waals surface area contributed by atoms with Gasteiger partial charge in [-0.3, -0.25) is 9.59 Å². The smallest absolute Gasteiger partial charge is 0.417 e. The van der Waals surface area contributed by atoms with Crippen LogP contribution in [0.3, 0.4) is 0 Å². The van der Waals surface area contributed by atoms with Gasteiger partial charge in [0.1, 0.15) is 5.60 Å². The first-order chi connectivity index (χ1) is 9.23. The third-order valence-corrected chi connectivity index (χ3v) is 2.88. The lowest BCUT2D eigenvalue weighted by Crippen LogP contribution is -2.46.